The summed E-state index contributed by atoms with van der Waals surface area (Å²) in [5, 5.41) is 1.38. The molecule has 0 saturated carbocycles. The number of benzene rings is 2. The quantitative estimate of drug-likeness (QED) is 0.522. The maximum atomic E-state index is 13.0. The number of piperazine rings is 1. The van der Waals surface area contributed by atoms with Crippen LogP contribution in [0.1, 0.15) is 16.7 Å². The lowest BCUT2D eigenvalue weighted by Gasteiger charge is -2.34. The van der Waals surface area contributed by atoms with Gasteiger partial charge in [0.25, 0.3) is 0 Å². The van der Waals surface area contributed by atoms with Crippen molar-refractivity contribution in [1.82, 2.24) is 9.21 Å². The van der Waals surface area contributed by atoms with Crippen molar-refractivity contribution < 1.29 is 12.8 Å². The Hall–Kier alpha value is -1.90. The van der Waals surface area contributed by atoms with E-state index in [2.05, 4.69) is 4.90 Å². The van der Waals surface area contributed by atoms with Gasteiger partial charge in [-0.25, -0.2) is 13.2 Å². The highest BCUT2D eigenvalue weighted by molar-refractivity contribution is 7.89. The Kier molecular flexibility index (Phi) is 6.16. The van der Waals surface area contributed by atoms with E-state index >= 15 is 0 Å². The molecule has 0 aliphatic carbocycles. The second-order valence-electron chi connectivity index (χ2n) is 7.73. The molecule has 0 bridgehead atoms. The van der Waals surface area contributed by atoms with E-state index in [9.17, 15) is 13.2 Å². The largest absolute Gasteiger partial charge is 0.422 e. The van der Waals surface area contributed by atoms with Crippen molar-refractivity contribution in [3.05, 3.63) is 73.6 Å². The SMILES string of the molecule is Cc1ccc2c(CN3CCN(S(=O)(=O)c4cc(Cl)ccc4Cl)CC3)cc(=O)oc2c1C. The van der Waals surface area contributed by atoms with Crippen molar-refractivity contribution in [2.75, 3.05) is 26.2 Å². The Morgan fingerprint density at radius 1 is 1.00 bits per heavy atom. The van der Waals surface area contributed by atoms with Crippen LogP contribution in [0, 0.1) is 13.8 Å². The molecular weight excluding hydrogens is 459 g/mol. The Morgan fingerprint density at radius 2 is 1.71 bits per heavy atom. The monoisotopic (exact) mass is 480 g/mol. The normalized spacial score (nSPS) is 16.1. The standard InChI is InChI=1S/C22H22Cl2N2O4S/c1-14-3-5-18-16(11-21(27)30-22(18)15(14)2)13-25-7-9-26(10-8-25)31(28,29)20-12-17(23)4-6-19(20)24/h3-6,11-12H,7-10,13H2,1-2H3. The maximum absolute atomic E-state index is 13.0. The van der Waals surface area contributed by atoms with Gasteiger partial charge in [-0.05, 0) is 48.7 Å². The lowest BCUT2D eigenvalue weighted by molar-refractivity contribution is 0.182. The number of fused-ring (bicyclic) bond motifs is 1. The molecule has 1 saturated heterocycles. The maximum Gasteiger partial charge on any atom is 0.336 e. The topological polar surface area (TPSA) is 70.8 Å². The first-order chi connectivity index (χ1) is 14.7. The number of hydrogen-bond acceptors (Lipinski definition) is 5. The molecule has 4 rings (SSSR count). The van der Waals surface area contributed by atoms with Crippen LogP contribution in [0.4, 0.5) is 0 Å². The number of nitrogens with zero attached hydrogens (tertiary/aromatic N) is 2. The predicted octanol–water partition coefficient (Wildman–Crippen LogP) is 4.22. The minimum Gasteiger partial charge on any atom is -0.422 e. The van der Waals surface area contributed by atoms with E-state index in [-0.39, 0.29) is 15.5 Å². The average Bonchev–Trinajstić information content (AvgIpc) is 2.73. The van der Waals surface area contributed by atoms with Crippen molar-refractivity contribution in [1.29, 1.82) is 0 Å². The van der Waals surface area contributed by atoms with Crippen LogP contribution in [-0.2, 0) is 16.6 Å². The third-order valence-corrected chi connectivity index (χ3v) is 8.37. The van der Waals surface area contributed by atoms with Crippen LogP contribution >= 0.6 is 23.2 Å². The Labute approximate surface area is 191 Å². The number of aryl methyl sites for hydroxylation is 2. The van der Waals surface area contributed by atoms with Gasteiger partial charge in [0.15, 0.2) is 0 Å². The van der Waals surface area contributed by atoms with E-state index in [0.717, 1.165) is 22.1 Å². The van der Waals surface area contributed by atoms with Crippen molar-refractivity contribution in [3.63, 3.8) is 0 Å². The third-order valence-electron chi connectivity index (χ3n) is 5.75. The molecule has 1 aliphatic rings. The molecule has 164 valence electrons. The van der Waals surface area contributed by atoms with E-state index in [1.807, 2.05) is 26.0 Å². The number of halogens is 2. The summed E-state index contributed by atoms with van der Waals surface area (Å²) in [5.41, 5.74) is 3.12. The van der Waals surface area contributed by atoms with Crippen molar-refractivity contribution in [3.8, 4) is 0 Å². The van der Waals surface area contributed by atoms with Gasteiger partial charge in [0.05, 0.1) is 5.02 Å². The molecule has 0 spiro atoms. The summed E-state index contributed by atoms with van der Waals surface area (Å²) in [6.07, 6.45) is 0. The van der Waals surface area contributed by atoms with Crippen LogP contribution < -0.4 is 5.63 Å². The van der Waals surface area contributed by atoms with Gasteiger partial charge in [0.2, 0.25) is 10.0 Å². The zero-order chi connectivity index (χ0) is 22.3. The number of sulfonamides is 1. The van der Waals surface area contributed by atoms with Crippen molar-refractivity contribution >= 4 is 44.2 Å². The second kappa shape index (κ2) is 8.56. The molecule has 3 aromatic rings. The summed E-state index contributed by atoms with van der Waals surface area (Å²) in [6.45, 7) is 6.16. The summed E-state index contributed by atoms with van der Waals surface area (Å²) in [5.74, 6) is 0. The van der Waals surface area contributed by atoms with Crippen LogP contribution in [0.25, 0.3) is 11.0 Å². The molecule has 0 atom stereocenters. The molecule has 9 heteroatoms. The van der Waals surface area contributed by atoms with Gasteiger partial charge in [0, 0.05) is 49.2 Å². The number of rotatable bonds is 4. The Bertz CT molecular complexity index is 1310. The Morgan fingerprint density at radius 3 is 2.42 bits per heavy atom. The fourth-order valence-corrected chi connectivity index (χ4v) is 6.00. The molecule has 0 amide bonds. The highest BCUT2D eigenvalue weighted by Gasteiger charge is 2.30. The minimum absolute atomic E-state index is 0.0209. The predicted molar refractivity (Wildman–Crippen MR) is 122 cm³/mol. The summed E-state index contributed by atoms with van der Waals surface area (Å²) in [7, 11) is -3.74. The molecule has 1 aliphatic heterocycles. The molecule has 2 heterocycles. The fraction of sp³-hybridized carbons (Fsp3) is 0.318. The third kappa shape index (κ3) is 4.38. The second-order valence-corrected chi connectivity index (χ2v) is 10.5. The molecule has 0 N–H and O–H groups in total. The molecule has 0 radical (unpaired) electrons. The van der Waals surface area contributed by atoms with Crippen LogP contribution in [0.5, 0.6) is 0 Å². The van der Waals surface area contributed by atoms with Crippen LogP contribution in [-0.4, -0.2) is 43.8 Å². The van der Waals surface area contributed by atoms with Gasteiger partial charge in [-0.3, -0.25) is 4.90 Å². The molecule has 2 aromatic carbocycles. The van der Waals surface area contributed by atoms with E-state index in [0.29, 0.717) is 43.3 Å². The van der Waals surface area contributed by atoms with Gasteiger partial charge in [-0.1, -0.05) is 35.3 Å². The van der Waals surface area contributed by atoms with Crippen LogP contribution in [0.15, 0.2) is 50.5 Å². The lowest BCUT2D eigenvalue weighted by Crippen LogP contribution is -2.48. The van der Waals surface area contributed by atoms with E-state index < -0.39 is 10.0 Å². The highest BCUT2D eigenvalue weighted by atomic mass is 35.5. The minimum atomic E-state index is -3.74. The summed E-state index contributed by atoms with van der Waals surface area (Å²) in [4.78, 5) is 14.3. The van der Waals surface area contributed by atoms with Gasteiger partial charge in [0.1, 0.15) is 10.5 Å². The fourth-order valence-electron chi connectivity index (χ4n) is 3.84. The smallest absolute Gasteiger partial charge is 0.336 e. The van der Waals surface area contributed by atoms with Crippen LogP contribution in [0.2, 0.25) is 10.0 Å². The average molecular weight is 481 g/mol. The molecule has 1 aromatic heterocycles. The summed E-state index contributed by atoms with van der Waals surface area (Å²) >= 11 is 12.1. The van der Waals surface area contributed by atoms with Crippen LogP contribution in [0.3, 0.4) is 0 Å². The zero-order valence-corrected chi connectivity index (χ0v) is 19.5. The molecule has 31 heavy (non-hydrogen) atoms. The lowest BCUT2D eigenvalue weighted by atomic mass is 10.0. The van der Waals surface area contributed by atoms with Gasteiger partial charge < -0.3 is 4.42 Å². The van der Waals surface area contributed by atoms with Crippen molar-refractivity contribution in [2.45, 2.75) is 25.3 Å². The number of hydrogen-bond donors (Lipinski definition) is 0. The molecule has 6 nitrogen and oxygen atoms in total. The van der Waals surface area contributed by atoms with Crippen molar-refractivity contribution in [2.24, 2.45) is 0 Å². The van der Waals surface area contributed by atoms with Gasteiger partial charge >= 0.3 is 5.63 Å². The van der Waals surface area contributed by atoms with E-state index in [1.54, 1.807) is 6.07 Å². The molecular formula is C22H22Cl2N2O4S. The van der Waals surface area contributed by atoms with Gasteiger partial charge in [-0.15, -0.1) is 0 Å². The molecule has 1 fully saturated rings. The van der Waals surface area contributed by atoms with Gasteiger partial charge in [-0.2, -0.15) is 4.31 Å². The Balaban J connectivity index is 1.53. The molecule has 0 unspecified atom stereocenters. The zero-order valence-electron chi connectivity index (χ0n) is 17.2. The summed E-state index contributed by atoms with van der Waals surface area (Å²) in [6, 6.07) is 9.93. The first-order valence-electron chi connectivity index (χ1n) is 9.87. The highest BCUT2D eigenvalue weighted by Crippen LogP contribution is 2.29. The van der Waals surface area contributed by atoms with E-state index in [4.69, 9.17) is 27.6 Å². The first kappa shape index (κ1) is 22.3. The first-order valence-corrected chi connectivity index (χ1v) is 12.1. The summed E-state index contributed by atoms with van der Waals surface area (Å²) < 4.78 is 32.9. The van der Waals surface area contributed by atoms with E-state index in [1.165, 1.54) is 22.5 Å².